The van der Waals surface area contributed by atoms with E-state index in [4.69, 9.17) is 11.5 Å². The lowest BCUT2D eigenvalue weighted by atomic mass is 10.2. The average Bonchev–Trinajstić information content (AvgIpc) is 2.23. The first-order chi connectivity index (χ1) is 7.97. The van der Waals surface area contributed by atoms with Crippen LogP contribution < -0.4 is 11.5 Å². The molecule has 2 rings (SSSR count). The van der Waals surface area contributed by atoms with E-state index in [1.54, 1.807) is 0 Å². The van der Waals surface area contributed by atoms with Crippen LogP contribution in [0.5, 0.6) is 0 Å². The summed E-state index contributed by atoms with van der Waals surface area (Å²) in [7, 11) is 0. The zero-order valence-electron chi connectivity index (χ0n) is 8.28. The third-order valence-corrected chi connectivity index (χ3v) is 1.91. The second-order valence-corrected chi connectivity index (χ2v) is 3.13. The summed E-state index contributed by atoms with van der Waals surface area (Å²) < 4.78 is 38.7. The second-order valence-electron chi connectivity index (χ2n) is 3.13. The number of nitrogens with two attached hydrogens (primary N) is 2. The van der Waals surface area contributed by atoms with Crippen LogP contribution in [0.2, 0.25) is 0 Å². The molecule has 0 aliphatic carbocycles. The Morgan fingerprint density at radius 2 is 1.29 bits per heavy atom. The maximum absolute atomic E-state index is 13.0. The maximum Gasteiger partial charge on any atom is 0.225 e. The summed E-state index contributed by atoms with van der Waals surface area (Å²) >= 11 is 0. The molecule has 0 aliphatic rings. The van der Waals surface area contributed by atoms with E-state index in [1.165, 1.54) is 0 Å². The molecule has 1 aromatic carbocycles. The molecule has 4 N–H and O–H groups in total. The molecule has 88 valence electrons. The first-order valence-electron chi connectivity index (χ1n) is 4.39. The van der Waals surface area contributed by atoms with Gasteiger partial charge in [-0.1, -0.05) is 0 Å². The summed E-state index contributed by atoms with van der Waals surface area (Å²) in [6.45, 7) is 0. The highest BCUT2D eigenvalue weighted by atomic mass is 19.2. The molecule has 17 heavy (non-hydrogen) atoms. The van der Waals surface area contributed by atoms with E-state index in [0.29, 0.717) is 0 Å². The van der Waals surface area contributed by atoms with Gasteiger partial charge in [0.2, 0.25) is 11.9 Å². The van der Waals surface area contributed by atoms with E-state index in [-0.39, 0.29) is 23.3 Å². The molecule has 0 saturated heterocycles. The quantitative estimate of drug-likeness (QED) is 0.730. The van der Waals surface area contributed by atoms with E-state index in [9.17, 15) is 13.2 Å². The Kier molecular flexibility index (Phi) is 2.54. The molecule has 0 atom stereocenters. The van der Waals surface area contributed by atoms with Crippen molar-refractivity contribution >= 4 is 11.9 Å². The molecule has 0 unspecified atom stereocenters. The fourth-order valence-electron chi connectivity index (χ4n) is 1.22. The minimum atomic E-state index is -1.57. The Morgan fingerprint density at radius 1 is 0.824 bits per heavy atom. The van der Waals surface area contributed by atoms with Crippen molar-refractivity contribution in [2.45, 2.75) is 0 Å². The number of halogens is 3. The van der Waals surface area contributed by atoms with Gasteiger partial charge >= 0.3 is 0 Å². The molecule has 0 bridgehead atoms. The van der Waals surface area contributed by atoms with Crippen molar-refractivity contribution in [3.63, 3.8) is 0 Å². The summed E-state index contributed by atoms with van der Waals surface area (Å²) in [5.74, 6) is -4.79. The SMILES string of the molecule is Nc1nc(N)nc(-c2cc(F)c(F)c(F)c2)n1. The Hall–Kier alpha value is -2.38. The van der Waals surface area contributed by atoms with Crippen molar-refractivity contribution in [3.8, 4) is 11.4 Å². The minimum Gasteiger partial charge on any atom is -0.368 e. The summed E-state index contributed by atoms with van der Waals surface area (Å²) in [5.41, 5.74) is 10.5. The van der Waals surface area contributed by atoms with Crippen LogP contribution in [0.4, 0.5) is 25.1 Å². The number of aromatic nitrogens is 3. The zero-order chi connectivity index (χ0) is 12.6. The monoisotopic (exact) mass is 241 g/mol. The number of rotatable bonds is 1. The zero-order valence-corrected chi connectivity index (χ0v) is 8.28. The van der Waals surface area contributed by atoms with Crippen LogP contribution in [-0.2, 0) is 0 Å². The van der Waals surface area contributed by atoms with Gasteiger partial charge < -0.3 is 11.5 Å². The van der Waals surface area contributed by atoms with Gasteiger partial charge in [0, 0.05) is 5.56 Å². The smallest absolute Gasteiger partial charge is 0.225 e. The lowest BCUT2D eigenvalue weighted by molar-refractivity contribution is 0.447. The molecular formula is C9H6F3N5. The minimum absolute atomic E-state index is 0.0813. The van der Waals surface area contributed by atoms with Gasteiger partial charge in [0.1, 0.15) is 0 Å². The lowest BCUT2D eigenvalue weighted by Gasteiger charge is -2.03. The third kappa shape index (κ3) is 2.10. The van der Waals surface area contributed by atoms with E-state index in [2.05, 4.69) is 15.0 Å². The third-order valence-electron chi connectivity index (χ3n) is 1.91. The molecule has 0 amide bonds. The van der Waals surface area contributed by atoms with Crippen LogP contribution in [0.3, 0.4) is 0 Å². The van der Waals surface area contributed by atoms with Gasteiger partial charge in [0.05, 0.1) is 0 Å². The van der Waals surface area contributed by atoms with Gasteiger partial charge in [-0.05, 0) is 12.1 Å². The normalized spacial score (nSPS) is 10.5. The van der Waals surface area contributed by atoms with Gasteiger partial charge in [0.15, 0.2) is 23.3 Å². The van der Waals surface area contributed by atoms with Crippen LogP contribution in [0, 0.1) is 17.5 Å². The number of hydrogen-bond acceptors (Lipinski definition) is 5. The van der Waals surface area contributed by atoms with Crippen LogP contribution in [-0.4, -0.2) is 15.0 Å². The highest BCUT2D eigenvalue weighted by Gasteiger charge is 2.14. The largest absolute Gasteiger partial charge is 0.368 e. The van der Waals surface area contributed by atoms with Crippen molar-refractivity contribution < 1.29 is 13.2 Å². The number of anilines is 2. The number of nitrogens with zero attached hydrogens (tertiary/aromatic N) is 3. The Morgan fingerprint density at radius 3 is 1.76 bits per heavy atom. The molecular weight excluding hydrogens is 235 g/mol. The van der Waals surface area contributed by atoms with Crippen molar-refractivity contribution in [3.05, 3.63) is 29.6 Å². The molecule has 5 nitrogen and oxygen atoms in total. The van der Waals surface area contributed by atoms with Crippen LogP contribution in [0.15, 0.2) is 12.1 Å². The second kappa shape index (κ2) is 3.89. The van der Waals surface area contributed by atoms with Crippen LogP contribution in [0.1, 0.15) is 0 Å². The number of hydrogen-bond donors (Lipinski definition) is 2. The number of nitrogen functional groups attached to an aromatic ring is 2. The Labute approximate surface area is 93.3 Å². The molecule has 0 saturated carbocycles. The fourth-order valence-corrected chi connectivity index (χ4v) is 1.22. The first-order valence-corrected chi connectivity index (χ1v) is 4.39. The summed E-state index contributed by atoms with van der Waals surface area (Å²) in [6, 6.07) is 1.49. The van der Waals surface area contributed by atoms with E-state index >= 15 is 0 Å². The molecule has 0 spiro atoms. The van der Waals surface area contributed by atoms with Crippen molar-refractivity contribution in [2.75, 3.05) is 11.5 Å². The number of benzene rings is 1. The van der Waals surface area contributed by atoms with E-state index < -0.39 is 17.5 Å². The molecule has 2 aromatic rings. The van der Waals surface area contributed by atoms with Crippen LogP contribution >= 0.6 is 0 Å². The van der Waals surface area contributed by atoms with Crippen molar-refractivity contribution in [2.24, 2.45) is 0 Å². The van der Waals surface area contributed by atoms with E-state index in [1.807, 2.05) is 0 Å². The maximum atomic E-state index is 13.0. The van der Waals surface area contributed by atoms with E-state index in [0.717, 1.165) is 12.1 Å². The molecule has 1 heterocycles. The average molecular weight is 241 g/mol. The molecule has 8 heteroatoms. The topological polar surface area (TPSA) is 90.7 Å². The molecule has 0 fully saturated rings. The van der Waals surface area contributed by atoms with Gasteiger partial charge in [-0.3, -0.25) is 0 Å². The molecule has 0 aliphatic heterocycles. The van der Waals surface area contributed by atoms with Gasteiger partial charge in [-0.15, -0.1) is 0 Å². The first kappa shape index (κ1) is 11.1. The lowest BCUT2D eigenvalue weighted by Crippen LogP contribution is -2.05. The van der Waals surface area contributed by atoms with Crippen molar-refractivity contribution in [1.29, 1.82) is 0 Å². The molecule has 1 aromatic heterocycles. The Balaban J connectivity index is 2.60. The summed E-state index contributed by atoms with van der Waals surface area (Å²) in [6.07, 6.45) is 0. The van der Waals surface area contributed by atoms with Gasteiger partial charge in [-0.2, -0.15) is 15.0 Å². The Bertz CT molecular complexity index is 544. The van der Waals surface area contributed by atoms with Gasteiger partial charge in [0.25, 0.3) is 0 Å². The highest BCUT2D eigenvalue weighted by Crippen LogP contribution is 2.21. The van der Waals surface area contributed by atoms with Crippen LogP contribution in [0.25, 0.3) is 11.4 Å². The van der Waals surface area contributed by atoms with Crippen molar-refractivity contribution in [1.82, 2.24) is 15.0 Å². The highest BCUT2D eigenvalue weighted by molar-refractivity contribution is 5.57. The predicted octanol–water partition coefficient (Wildman–Crippen LogP) is 1.12. The summed E-state index contributed by atoms with van der Waals surface area (Å²) in [4.78, 5) is 10.8. The molecule has 0 radical (unpaired) electrons. The van der Waals surface area contributed by atoms with Gasteiger partial charge in [-0.25, -0.2) is 13.2 Å². The fraction of sp³-hybridized carbons (Fsp3) is 0. The predicted molar refractivity (Wildman–Crippen MR) is 54.0 cm³/mol. The summed E-state index contributed by atoms with van der Waals surface area (Å²) in [5, 5.41) is 0. The standard InChI is InChI=1S/C9H6F3N5/c10-4-1-3(2-5(11)6(4)12)7-15-8(13)17-9(14)16-7/h1-2H,(H4,13,14,15,16,17).